The first-order valence-corrected chi connectivity index (χ1v) is 8.41. The highest BCUT2D eigenvalue weighted by molar-refractivity contribution is 5.96. The van der Waals surface area contributed by atoms with Crippen molar-refractivity contribution in [3.8, 4) is 5.75 Å². The number of benzene rings is 1. The molecule has 1 heterocycles. The lowest BCUT2D eigenvalue weighted by atomic mass is 10.1. The quantitative estimate of drug-likeness (QED) is 0.707. The molecule has 0 saturated heterocycles. The highest BCUT2D eigenvalue weighted by atomic mass is 16.5. The van der Waals surface area contributed by atoms with Crippen molar-refractivity contribution in [2.45, 2.75) is 32.5 Å². The van der Waals surface area contributed by atoms with E-state index in [0.717, 1.165) is 17.0 Å². The third kappa shape index (κ3) is 5.86. The first-order chi connectivity index (χ1) is 12.5. The van der Waals surface area contributed by atoms with Crippen molar-refractivity contribution in [1.29, 1.82) is 0 Å². The van der Waals surface area contributed by atoms with Gasteiger partial charge in [-0.15, -0.1) is 0 Å². The Kier molecular flexibility index (Phi) is 7.11. The van der Waals surface area contributed by atoms with E-state index in [2.05, 4.69) is 20.9 Å². The van der Waals surface area contributed by atoms with Crippen LogP contribution >= 0.6 is 0 Å². The zero-order chi connectivity index (χ0) is 18.9. The number of pyridine rings is 1. The predicted molar refractivity (Wildman–Crippen MR) is 98.6 cm³/mol. The van der Waals surface area contributed by atoms with Crippen LogP contribution in [-0.2, 0) is 11.4 Å². The van der Waals surface area contributed by atoms with Crippen LogP contribution in [0.3, 0.4) is 0 Å². The summed E-state index contributed by atoms with van der Waals surface area (Å²) in [4.78, 5) is 27.4. The van der Waals surface area contributed by atoms with Gasteiger partial charge >= 0.3 is 6.03 Å². The molecule has 0 spiro atoms. The number of hydrogen-bond donors (Lipinski definition) is 3. The van der Waals surface area contributed by atoms with E-state index in [9.17, 15) is 9.59 Å². The number of imide groups is 1. The van der Waals surface area contributed by atoms with Crippen LogP contribution in [0.2, 0.25) is 0 Å². The number of nitrogens with one attached hydrogen (secondary N) is 3. The number of carbonyl (C=O) groups is 2. The Labute approximate surface area is 153 Å². The maximum absolute atomic E-state index is 11.9. The van der Waals surface area contributed by atoms with E-state index in [4.69, 9.17) is 4.74 Å². The molecular formula is C19H24N4O3. The van der Waals surface area contributed by atoms with Gasteiger partial charge in [0.2, 0.25) is 5.91 Å². The molecule has 2 rings (SSSR count). The molecule has 1 aromatic heterocycles. The lowest BCUT2D eigenvalue weighted by Gasteiger charge is -2.20. The molecule has 0 aliphatic heterocycles. The summed E-state index contributed by atoms with van der Waals surface area (Å²) in [6, 6.07) is 12.2. The van der Waals surface area contributed by atoms with E-state index in [1.165, 1.54) is 7.05 Å². The summed E-state index contributed by atoms with van der Waals surface area (Å²) in [6.45, 7) is 4.04. The molecule has 2 atom stereocenters. The van der Waals surface area contributed by atoms with Gasteiger partial charge in [-0.1, -0.05) is 18.2 Å². The topological polar surface area (TPSA) is 92.4 Å². The third-order valence-electron chi connectivity index (χ3n) is 3.83. The zero-order valence-corrected chi connectivity index (χ0v) is 15.2. The Morgan fingerprint density at radius 2 is 1.96 bits per heavy atom. The average molecular weight is 356 g/mol. The van der Waals surface area contributed by atoms with Crippen molar-refractivity contribution >= 4 is 11.9 Å². The molecule has 7 heteroatoms. The molecular weight excluding hydrogens is 332 g/mol. The fourth-order valence-electron chi connectivity index (χ4n) is 2.34. The Morgan fingerprint density at radius 1 is 1.15 bits per heavy atom. The lowest BCUT2D eigenvalue weighted by molar-refractivity contribution is -0.121. The minimum atomic E-state index is -0.527. The molecule has 0 aliphatic rings. The van der Waals surface area contributed by atoms with Crippen molar-refractivity contribution in [2.24, 2.45) is 0 Å². The van der Waals surface area contributed by atoms with Crippen molar-refractivity contribution in [1.82, 2.24) is 20.9 Å². The van der Waals surface area contributed by atoms with Gasteiger partial charge in [0.1, 0.15) is 12.4 Å². The molecule has 0 aliphatic carbocycles. The summed E-state index contributed by atoms with van der Waals surface area (Å²) < 4.78 is 5.78. The minimum absolute atomic E-state index is 0.0983. The fourth-order valence-corrected chi connectivity index (χ4v) is 2.34. The number of aromatic nitrogens is 1. The molecule has 0 fully saturated rings. The minimum Gasteiger partial charge on any atom is -0.487 e. The molecule has 3 N–H and O–H groups in total. The standard InChI is InChI=1S/C19H24N4O3/c1-13(22-14(2)18(24)23-19(25)20-3)15-7-6-9-17(11-15)26-12-16-8-4-5-10-21-16/h4-11,13-14,22H,12H2,1-3H3,(H2,20,23,24,25)/t13-,14+/m1/s1. The maximum atomic E-state index is 11.9. The first kappa shape index (κ1) is 19.4. The Bertz CT molecular complexity index is 737. The molecule has 0 bridgehead atoms. The van der Waals surface area contributed by atoms with E-state index in [-0.39, 0.29) is 6.04 Å². The van der Waals surface area contributed by atoms with Gasteiger partial charge in [0, 0.05) is 19.3 Å². The molecule has 1 aromatic carbocycles. The molecule has 3 amide bonds. The number of hydrogen-bond acceptors (Lipinski definition) is 5. The van der Waals surface area contributed by atoms with Gasteiger partial charge in [-0.2, -0.15) is 0 Å². The predicted octanol–water partition coefficient (Wildman–Crippen LogP) is 2.16. The molecule has 0 saturated carbocycles. The summed E-state index contributed by atoms with van der Waals surface area (Å²) in [6.07, 6.45) is 1.73. The monoisotopic (exact) mass is 356 g/mol. The van der Waals surface area contributed by atoms with Crippen LogP contribution in [0.25, 0.3) is 0 Å². The van der Waals surface area contributed by atoms with Gasteiger partial charge in [0.05, 0.1) is 11.7 Å². The van der Waals surface area contributed by atoms with E-state index in [1.54, 1.807) is 13.1 Å². The van der Waals surface area contributed by atoms with Crippen LogP contribution in [0.5, 0.6) is 5.75 Å². The number of nitrogens with zero attached hydrogens (tertiary/aromatic N) is 1. The van der Waals surface area contributed by atoms with Crippen LogP contribution in [-0.4, -0.2) is 30.0 Å². The molecule has 26 heavy (non-hydrogen) atoms. The summed E-state index contributed by atoms with van der Waals surface area (Å²) in [5.74, 6) is 0.336. The van der Waals surface area contributed by atoms with Gasteiger partial charge in [0.25, 0.3) is 0 Å². The number of urea groups is 1. The average Bonchev–Trinajstić information content (AvgIpc) is 2.67. The second kappa shape index (κ2) is 9.53. The number of carbonyl (C=O) groups excluding carboxylic acids is 2. The van der Waals surface area contributed by atoms with E-state index in [0.29, 0.717) is 6.61 Å². The fraction of sp³-hybridized carbons (Fsp3) is 0.316. The summed E-state index contributed by atoms with van der Waals surface area (Å²) >= 11 is 0. The van der Waals surface area contributed by atoms with Gasteiger partial charge in [-0.25, -0.2) is 4.79 Å². The highest BCUT2D eigenvalue weighted by Crippen LogP contribution is 2.20. The second-order valence-electron chi connectivity index (χ2n) is 5.86. The number of ether oxygens (including phenoxy) is 1. The smallest absolute Gasteiger partial charge is 0.321 e. The van der Waals surface area contributed by atoms with Crippen LogP contribution in [0.4, 0.5) is 4.79 Å². The van der Waals surface area contributed by atoms with Gasteiger partial charge in [0.15, 0.2) is 0 Å². The molecule has 7 nitrogen and oxygen atoms in total. The first-order valence-electron chi connectivity index (χ1n) is 8.41. The number of rotatable bonds is 7. The molecule has 0 radical (unpaired) electrons. The van der Waals surface area contributed by atoms with Crippen LogP contribution in [0, 0.1) is 0 Å². The van der Waals surface area contributed by atoms with Crippen LogP contribution < -0.4 is 20.7 Å². The van der Waals surface area contributed by atoms with Gasteiger partial charge in [-0.3, -0.25) is 20.4 Å². The maximum Gasteiger partial charge on any atom is 0.321 e. The van der Waals surface area contributed by atoms with E-state index < -0.39 is 18.0 Å². The summed E-state index contributed by atoms with van der Waals surface area (Å²) in [5.41, 5.74) is 1.83. The van der Waals surface area contributed by atoms with Crippen molar-refractivity contribution in [3.05, 3.63) is 59.9 Å². The van der Waals surface area contributed by atoms with Crippen molar-refractivity contribution in [3.63, 3.8) is 0 Å². The van der Waals surface area contributed by atoms with Crippen molar-refractivity contribution in [2.75, 3.05) is 7.05 Å². The number of amides is 3. The van der Waals surface area contributed by atoms with Gasteiger partial charge in [-0.05, 0) is 43.7 Å². The highest BCUT2D eigenvalue weighted by Gasteiger charge is 2.18. The summed E-state index contributed by atoms with van der Waals surface area (Å²) in [5, 5.41) is 7.77. The van der Waals surface area contributed by atoms with Crippen LogP contribution in [0.15, 0.2) is 48.7 Å². The molecule has 2 aromatic rings. The third-order valence-corrected chi connectivity index (χ3v) is 3.83. The second-order valence-corrected chi connectivity index (χ2v) is 5.86. The largest absolute Gasteiger partial charge is 0.487 e. The Hall–Kier alpha value is -2.93. The summed E-state index contributed by atoms with van der Waals surface area (Å²) in [7, 11) is 1.46. The Balaban J connectivity index is 1.93. The molecule has 0 unspecified atom stereocenters. The zero-order valence-electron chi connectivity index (χ0n) is 15.2. The SMILES string of the molecule is CNC(=O)NC(=O)[C@H](C)N[C@H](C)c1cccc(OCc2ccccn2)c1. The lowest BCUT2D eigenvalue weighted by Crippen LogP contribution is -2.47. The molecule has 138 valence electrons. The van der Waals surface area contributed by atoms with Crippen molar-refractivity contribution < 1.29 is 14.3 Å². The Morgan fingerprint density at radius 3 is 2.65 bits per heavy atom. The van der Waals surface area contributed by atoms with E-state index in [1.807, 2.05) is 49.4 Å². The van der Waals surface area contributed by atoms with Gasteiger partial charge < -0.3 is 10.1 Å². The van der Waals surface area contributed by atoms with Crippen LogP contribution in [0.1, 0.15) is 31.1 Å². The van der Waals surface area contributed by atoms with E-state index >= 15 is 0 Å². The normalized spacial score (nSPS) is 12.7.